The molecule has 9 heavy (non-hydrogen) atoms. The third kappa shape index (κ3) is 181. The topological polar surface area (TPSA) is 0 Å². The van der Waals surface area contributed by atoms with Gasteiger partial charge in [0, 0.05) is 39.1 Å². The van der Waals surface area contributed by atoms with Crippen molar-refractivity contribution in [3.05, 3.63) is 0 Å². The van der Waals surface area contributed by atoms with Gasteiger partial charge >= 0.3 is 0 Å². The molecule has 0 saturated heterocycles. The molecular weight excluding hydrogens is 227 g/mol. The fraction of sp³-hybridized carbons (Fsp3) is 1.00. The van der Waals surface area contributed by atoms with Crippen LogP contribution in [0.5, 0.6) is 0 Å². The Balaban J connectivity index is -0.00000000825. The van der Waals surface area contributed by atoms with Gasteiger partial charge in [-0.15, -0.1) is 20.8 Å². The van der Waals surface area contributed by atoms with Gasteiger partial charge in [-0.05, 0) is 0 Å². The Morgan fingerprint density at radius 3 is 1.11 bits per heavy atom. The van der Waals surface area contributed by atoms with E-state index < -0.39 is 0 Å². The summed E-state index contributed by atoms with van der Waals surface area (Å²) in [5.41, 5.74) is 0. The van der Waals surface area contributed by atoms with Crippen molar-refractivity contribution in [3.8, 4) is 0 Å². The zero-order chi connectivity index (χ0) is 6.71. The van der Waals surface area contributed by atoms with Crippen LogP contribution in [0.3, 0.4) is 0 Å². The molecule has 0 aliphatic carbocycles. The summed E-state index contributed by atoms with van der Waals surface area (Å²) in [6.07, 6.45) is 2.72. The maximum atomic E-state index is 4.64. The van der Waals surface area contributed by atoms with E-state index in [1.54, 1.807) is 0 Å². The SMILES string of the molecule is C.CCC.CCl.CP.[Y]. The fourth-order valence-corrected chi connectivity index (χ4v) is 0. The molecule has 0 saturated carbocycles. The molecule has 0 aromatic heterocycles. The van der Waals surface area contributed by atoms with Crippen molar-refractivity contribution in [2.24, 2.45) is 0 Å². The minimum Gasteiger partial charge on any atom is -0.141 e. The van der Waals surface area contributed by atoms with E-state index in [2.05, 4.69) is 34.7 Å². The van der Waals surface area contributed by atoms with Crippen LogP contribution in [0.15, 0.2) is 0 Å². The first-order chi connectivity index (χ1) is 3.41. The third-order valence-electron chi connectivity index (χ3n) is 0. The summed E-state index contributed by atoms with van der Waals surface area (Å²) in [5.74, 6) is 0. The van der Waals surface area contributed by atoms with Crippen LogP contribution in [-0.2, 0) is 32.7 Å². The van der Waals surface area contributed by atoms with Crippen molar-refractivity contribution in [2.75, 3.05) is 13.0 Å². The molecule has 0 N–H and O–H groups in total. The first-order valence-electron chi connectivity index (χ1n) is 2.37. The third-order valence-corrected chi connectivity index (χ3v) is 0. The molecule has 0 fully saturated rings. The minimum absolute atomic E-state index is 0. The van der Waals surface area contributed by atoms with Crippen LogP contribution in [-0.4, -0.2) is 13.0 Å². The second-order valence-electron chi connectivity index (χ2n) is 0.707. The molecule has 59 valence electrons. The Kier molecular flexibility index (Phi) is 328. The number of hydrogen-bond acceptors (Lipinski definition) is 0. The van der Waals surface area contributed by atoms with Gasteiger partial charge < -0.3 is 0 Å². The van der Waals surface area contributed by atoms with Crippen LogP contribution < -0.4 is 0 Å². The van der Waals surface area contributed by atoms with E-state index in [1.165, 1.54) is 12.8 Å². The Morgan fingerprint density at radius 2 is 1.11 bits per heavy atom. The van der Waals surface area contributed by atoms with E-state index in [1.807, 2.05) is 6.66 Å². The van der Waals surface area contributed by atoms with Crippen molar-refractivity contribution in [2.45, 2.75) is 27.7 Å². The summed E-state index contributed by atoms with van der Waals surface area (Å²) in [5, 5.41) is 0. The Bertz CT molecular complexity index is 13.0. The van der Waals surface area contributed by atoms with Gasteiger partial charge in [0.05, 0.1) is 0 Å². The van der Waals surface area contributed by atoms with E-state index in [9.17, 15) is 0 Å². The second-order valence-corrected chi connectivity index (χ2v) is 0.707. The molecule has 0 spiro atoms. The van der Waals surface area contributed by atoms with E-state index in [4.69, 9.17) is 0 Å². The molecule has 3 heteroatoms. The summed E-state index contributed by atoms with van der Waals surface area (Å²) in [6.45, 7) is 6.17. The second kappa shape index (κ2) is 95.9. The van der Waals surface area contributed by atoms with Crippen molar-refractivity contribution in [3.63, 3.8) is 0 Å². The number of rotatable bonds is 0. The smallest absolute Gasteiger partial charge is 0.0108 e. The molecule has 0 aliphatic rings. The normalized spacial score (nSPS) is 3.33. The van der Waals surface area contributed by atoms with Gasteiger partial charge in [0.2, 0.25) is 0 Å². The minimum atomic E-state index is 0. The summed E-state index contributed by atoms with van der Waals surface area (Å²) < 4.78 is 0. The van der Waals surface area contributed by atoms with Crippen LogP contribution in [0, 0.1) is 0 Å². The van der Waals surface area contributed by atoms with Crippen molar-refractivity contribution >= 4 is 20.8 Å². The molecule has 0 nitrogen and oxygen atoms in total. The van der Waals surface area contributed by atoms with Crippen LogP contribution in [0.2, 0.25) is 0 Å². The number of halogens is 1. The van der Waals surface area contributed by atoms with Gasteiger partial charge in [-0.25, -0.2) is 0 Å². The quantitative estimate of drug-likeness (QED) is 0.455. The largest absolute Gasteiger partial charge is 0.141 e. The zero-order valence-electron chi connectivity index (χ0n) is 6.24. The average Bonchev–Trinajstić information content (AvgIpc) is 1.78. The summed E-state index contributed by atoms with van der Waals surface area (Å²) >= 11 is 4.64. The summed E-state index contributed by atoms with van der Waals surface area (Å²) in [4.78, 5) is 0. The number of alkyl halides is 1. The van der Waals surface area contributed by atoms with Gasteiger partial charge in [0.1, 0.15) is 0 Å². The molecular formula is C6H20ClPY. The van der Waals surface area contributed by atoms with Crippen LogP contribution >= 0.6 is 20.8 Å². The first kappa shape index (κ1) is 30.8. The Labute approximate surface area is 93.6 Å². The molecule has 1 radical (unpaired) electrons. The van der Waals surface area contributed by atoms with E-state index in [0.29, 0.717) is 0 Å². The average molecular weight is 248 g/mol. The molecule has 1 unspecified atom stereocenters. The molecule has 0 aromatic rings. The van der Waals surface area contributed by atoms with Gasteiger partial charge in [-0.3, -0.25) is 0 Å². The van der Waals surface area contributed by atoms with E-state index in [-0.39, 0.29) is 40.1 Å². The van der Waals surface area contributed by atoms with Gasteiger partial charge in [-0.2, -0.15) is 0 Å². The van der Waals surface area contributed by atoms with E-state index in [0.717, 1.165) is 0 Å². The van der Waals surface area contributed by atoms with Crippen LogP contribution in [0.4, 0.5) is 0 Å². The summed E-state index contributed by atoms with van der Waals surface area (Å²) in [7, 11) is 2.42. The van der Waals surface area contributed by atoms with Crippen molar-refractivity contribution in [1.29, 1.82) is 0 Å². The van der Waals surface area contributed by atoms with Crippen molar-refractivity contribution in [1.82, 2.24) is 0 Å². The predicted octanol–water partition coefficient (Wildman–Crippen LogP) is 3.40. The van der Waals surface area contributed by atoms with E-state index >= 15 is 0 Å². The summed E-state index contributed by atoms with van der Waals surface area (Å²) in [6, 6.07) is 0. The fourth-order valence-electron chi connectivity index (χ4n) is 0. The van der Waals surface area contributed by atoms with Crippen LogP contribution in [0.25, 0.3) is 0 Å². The zero-order valence-corrected chi connectivity index (χ0v) is 11.0. The van der Waals surface area contributed by atoms with Gasteiger partial charge in [-0.1, -0.05) is 34.4 Å². The first-order valence-corrected chi connectivity index (χ1v) is 4.28. The Morgan fingerprint density at radius 1 is 1.11 bits per heavy atom. The monoisotopic (exact) mass is 247 g/mol. The predicted molar refractivity (Wildman–Crippen MR) is 50.1 cm³/mol. The van der Waals surface area contributed by atoms with Crippen molar-refractivity contribution < 1.29 is 32.7 Å². The molecule has 0 aliphatic heterocycles. The standard InChI is InChI=1S/C3H8.CH3Cl.CH5P.CH4.Y/c1-3-2;2*1-2;;/h3H2,1-2H3;1H3;2H2,1H3;1H4;. The van der Waals surface area contributed by atoms with Gasteiger partial charge in [0.15, 0.2) is 0 Å². The molecule has 0 aromatic carbocycles. The maximum absolute atomic E-state index is 4.64. The molecule has 0 amide bonds. The molecule has 0 heterocycles. The Hall–Kier alpha value is 1.82. The molecule has 0 bridgehead atoms. The van der Waals surface area contributed by atoms with Crippen LogP contribution in [0.1, 0.15) is 27.7 Å². The van der Waals surface area contributed by atoms with Gasteiger partial charge in [0.25, 0.3) is 0 Å². The maximum Gasteiger partial charge on any atom is 0.0108 e. The number of hydrogen-bond donors (Lipinski definition) is 0. The molecule has 1 atom stereocenters. The molecule has 0 rings (SSSR count).